The average molecular weight is 276 g/mol. The molecule has 0 bridgehead atoms. The minimum absolute atomic E-state index is 0.0594. The lowest BCUT2D eigenvalue weighted by molar-refractivity contribution is 0.594. The summed E-state index contributed by atoms with van der Waals surface area (Å²) < 4.78 is 0. The molecule has 1 atom stereocenters. The molecule has 0 fully saturated rings. The van der Waals surface area contributed by atoms with E-state index in [9.17, 15) is 0 Å². The number of pyridine rings is 2. The molecule has 0 aromatic carbocycles. The van der Waals surface area contributed by atoms with Crippen LogP contribution in [0.3, 0.4) is 0 Å². The Morgan fingerprint density at radius 1 is 1.16 bits per heavy atom. The van der Waals surface area contributed by atoms with E-state index in [1.54, 1.807) is 12.4 Å². The molecule has 0 radical (unpaired) electrons. The highest BCUT2D eigenvalue weighted by molar-refractivity contribution is 6.31. The van der Waals surface area contributed by atoms with Crippen LogP contribution in [0.2, 0.25) is 5.02 Å². The van der Waals surface area contributed by atoms with E-state index in [2.05, 4.69) is 29.1 Å². The van der Waals surface area contributed by atoms with Crippen LogP contribution in [-0.4, -0.2) is 16.5 Å². The Morgan fingerprint density at radius 3 is 2.58 bits per heavy atom. The van der Waals surface area contributed by atoms with Crippen molar-refractivity contribution in [3.63, 3.8) is 0 Å². The molecule has 2 rings (SSSR count). The van der Waals surface area contributed by atoms with Gasteiger partial charge >= 0.3 is 0 Å². The number of rotatable bonds is 5. The van der Waals surface area contributed by atoms with Crippen LogP contribution in [0.15, 0.2) is 36.9 Å². The van der Waals surface area contributed by atoms with E-state index in [4.69, 9.17) is 11.6 Å². The Bertz CT molecular complexity index is 497. The molecular weight excluding hydrogens is 258 g/mol. The molecule has 1 N–H and O–H groups in total. The zero-order valence-electron chi connectivity index (χ0n) is 11.2. The number of halogens is 1. The van der Waals surface area contributed by atoms with Crippen LogP contribution in [0.25, 0.3) is 0 Å². The fraction of sp³-hybridized carbons (Fsp3) is 0.333. The first-order valence-corrected chi connectivity index (χ1v) is 6.85. The predicted molar refractivity (Wildman–Crippen MR) is 78.4 cm³/mol. The van der Waals surface area contributed by atoms with Crippen molar-refractivity contribution in [2.75, 3.05) is 6.54 Å². The Morgan fingerprint density at radius 2 is 1.89 bits per heavy atom. The number of hydrogen-bond acceptors (Lipinski definition) is 3. The van der Waals surface area contributed by atoms with Crippen LogP contribution >= 0.6 is 11.6 Å². The van der Waals surface area contributed by atoms with E-state index in [0.717, 1.165) is 24.1 Å². The zero-order valence-corrected chi connectivity index (χ0v) is 12.0. The van der Waals surface area contributed by atoms with Gasteiger partial charge in [-0.3, -0.25) is 9.97 Å². The van der Waals surface area contributed by atoms with Gasteiger partial charge in [-0.2, -0.15) is 0 Å². The molecule has 0 aliphatic carbocycles. The van der Waals surface area contributed by atoms with E-state index in [0.29, 0.717) is 5.02 Å². The minimum atomic E-state index is 0.0594. The number of nitrogens with one attached hydrogen (secondary N) is 1. The molecule has 1 unspecified atom stereocenters. The maximum absolute atomic E-state index is 6.28. The van der Waals surface area contributed by atoms with Gasteiger partial charge in [0.05, 0.1) is 11.1 Å². The van der Waals surface area contributed by atoms with Crippen molar-refractivity contribution in [1.29, 1.82) is 0 Å². The predicted octanol–water partition coefficient (Wildman–Crippen LogP) is 3.53. The highest BCUT2D eigenvalue weighted by atomic mass is 35.5. The van der Waals surface area contributed by atoms with Crippen molar-refractivity contribution in [2.24, 2.45) is 0 Å². The lowest BCUT2D eigenvalue weighted by atomic mass is 9.97. The molecule has 0 spiro atoms. The van der Waals surface area contributed by atoms with Gasteiger partial charge in [-0.1, -0.05) is 18.5 Å². The SMILES string of the molecule is CCCNC(c1cnccc1C)c1ccncc1Cl. The third-order valence-electron chi connectivity index (χ3n) is 3.10. The van der Waals surface area contributed by atoms with Crippen molar-refractivity contribution in [3.8, 4) is 0 Å². The van der Waals surface area contributed by atoms with Crippen LogP contribution in [-0.2, 0) is 0 Å². The second kappa shape index (κ2) is 6.64. The van der Waals surface area contributed by atoms with Gasteiger partial charge in [0, 0.05) is 24.8 Å². The highest BCUT2D eigenvalue weighted by Gasteiger charge is 2.18. The van der Waals surface area contributed by atoms with Crippen molar-refractivity contribution >= 4 is 11.6 Å². The molecule has 0 saturated heterocycles. The number of hydrogen-bond donors (Lipinski definition) is 1. The lowest BCUT2D eigenvalue weighted by Crippen LogP contribution is -2.24. The third-order valence-corrected chi connectivity index (χ3v) is 3.42. The van der Waals surface area contributed by atoms with E-state index in [-0.39, 0.29) is 6.04 Å². The molecule has 0 saturated carbocycles. The van der Waals surface area contributed by atoms with Gasteiger partial charge in [-0.15, -0.1) is 0 Å². The first kappa shape index (κ1) is 14.0. The van der Waals surface area contributed by atoms with Crippen LogP contribution in [0, 0.1) is 6.92 Å². The van der Waals surface area contributed by atoms with Crippen LogP contribution < -0.4 is 5.32 Å². The molecular formula is C15H18ClN3. The molecule has 2 aromatic rings. The summed E-state index contributed by atoms with van der Waals surface area (Å²) >= 11 is 6.28. The van der Waals surface area contributed by atoms with Gasteiger partial charge < -0.3 is 5.32 Å². The standard InChI is InChI=1S/C15H18ClN3/c1-3-6-19-15(12-5-8-18-10-14(12)16)13-9-17-7-4-11(13)2/h4-5,7-10,15,19H,3,6H2,1-2H3. The molecule has 4 heteroatoms. The van der Waals surface area contributed by atoms with Gasteiger partial charge in [-0.05, 0) is 48.7 Å². The van der Waals surface area contributed by atoms with E-state index >= 15 is 0 Å². The first-order valence-electron chi connectivity index (χ1n) is 6.47. The normalized spacial score (nSPS) is 12.4. The second-order valence-corrected chi connectivity index (χ2v) is 4.92. The van der Waals surface area contributed by atoms with Crippen LogP contribution in [0.4, 0.5) is 0 Å². The Balaban J connectivity index is 2.42. The van der Waals surface area contributed by atoms with Crippen molar-refractivity contribution in [3.05, 3.63) is 58.6 Å². The summed E-state index contributed by atoms with van der Waals surface area (Å²) in [5.74, 6) is 0. The third kappa shape index (κ3) is 3.31. The molecule has 0 amide bonds. The molecule has 0 aliphatic rings. The molecule has 100 valence electrons. The molecule has 3 nitrogen and oxygen atoms in total. The lowest BCUT2D eigenvalue weighted by Gasteiger charge is -2.21. The van der Waals surface area contributed by atoms with Crippen molar-refractivity contribution in [2.45, 2.75) is 26.3 Å². The smallest absolute Gasteiger partial charge is 0.0640 e. The van der Waals surface area contributed by atoms with E-state index in [1.807, 2.05) is 24.5 Å². The Kier molecular flexibility index (Phi) is 4.88. The Labute approximate surface area is 119 Å². The maximum atomic E-state index is 6.28. The summed E-state index contributed by atoms with van der Waals surface area (Å²) in [6, 6.07) is 4.04. The summed E-state index contributed by atoms with van der Waals surface area (Å²) in [5, 5.41) is 4.21. The average Bonchev–Trinajstić information content (AvgIpc) is 2.42. The summed E-state index contributed by atoms with van der Waals surface area (Å²) in [7, 11) is 0. The highest BCUT2D eigenvalue weighted by Crippen LogP contribution is 2.28. The van der Waals surface area contributed by atoms with Gasteiger partial charge in [0.1, 0.15) is 0 Å². The monoisotopic (exact) mass is 275 g/mol. The van der Waals surface area contributed by atoms with Gasteiger partial charge in [0.2, 0.25) is 0 Å². The summed E-state index contributed by atoms with van der Waals surface area (Å²) in [6.45, 7) is 5.17. The van der Waals surface area contributed by atoms with Crippen molar-refractivity contribution in [1.82, 2.24) is 15.3 Å². The Hall–Kier alpha value is -1.45. The molecule has 2 aromatic heterocycles. The van der Waals surface area contributed by atoms with Crippen LogP contribution in [0.5, 0.6) is 0 Å². The summed E-state index contributed by atoms with van der Waals surface area (Å²) in [4.78, 5) is 8.28. The van der Waals surface area contributed by atoms with Gasteiger partial charge in [0.15, 0.2) is 0 Å². The first-order chi connectivity index (χ1) is 9.24. The van der Waals surface area contributed by atoms with E-state index < -0.39 is 0 Å². The second-order valence-electron chi connectivity index (χ2n) is 4.52. The summed E-state index contributed by atoms with van der Waals surface area (Å²) in [5.41, 5.74) is 3.40. The van der Waals surface area contributed by atoms with Gasteiger partial charge in [-0.25, -0.2) is 0 Å². The topological polar surface area (TPSA) is 37.8 Å². The molecule has 19 heavy (non-hydrogen) atoms. The minimum Gasteiger partial charge on any atom is -0.306 e. The quantitative estimate of drug-likeness (QED) is 0.907. The molecule has 2 heterocycles. The summed E-state index contributed by atoms with van der Waals surface area (Å²) in [6.07, 6.45) is 8.23. The van der Waals surface area contributed by atoms with Crippen LogP contribution in [0.1, 0.15) is 36.1 Å². The zero-order chi connectivity index (χ0) is 13.7. The van der Waals surface area contributed by atoms with E-state index in [1.165, 1.54) is 5.56 Å². The molecule has 0 aliphatic heterocycles. The number of aryl methyl sites for hydroxylation is 1. The number of aromatic nitrogens is 2. The fourth-order valence-corrected chi connectivity index (χ4v) is 2.30. The van der Waals surface area contributed by atoms with Crippen molar-refractivity contribution < 1.29 is 0 Å². The largest absolute Gasteiger partial charge is 0.306 e. The fourth-order valence-electron chi connectivity index (χ4n) is 2.07. The van der Waals surface area contributed by atoms with Gasteiger partial charge in [0.25, 0.3) is 0 Å². The number of nitrogens with zero attached hydrogens (tertiary/aromatic N) is 2. The maximum Gasteiger partial charge on any atom is 0.0640 e.